The maximum Gasteiger partial charge on any atom is 0.223 e. The molecule has 2 aliphatic rings. The fourth-order valence-electron chi connectivity index (χ4n) is 2.90. The highest BCUT2D eigenvalue weighted by Gasteiger charge is 2.24. The van der Waals surface area contributed by atoms with E-state index in [-0.39, 0.29) is 24.2 Å². The van der Waals surface area contributed by atoms with Crippen LogP contribution in [0.4, 0.5) is 0 Å². The number of hydrogen-bond donors (Lipinski definition) is 2. The van der Waals surface area contributed by atoms with Crippen LogP contribution in [-0.4, -0.2) is 31.7 Å². The first-order valence-corrected chi connectivity index (χ1v) is 7.62. The van der Waals surface area contributed by atoms with Crippen LogP contribution in [0.15, 0.2) is 18.2 Å². The van der Waals surface area contributed by atoms with Gasteiger partial charge in [0, 0.05) is 18.5 Å². The molecule has 0 aliphatic carbocycles. The van der Waals surface area contributed by atoms with Crippen LogP contribution in [0.25, 0.3) is 0 Å². The molecule has 5 nitrogen and oxygen atoms in total. The Morgan fingerprint density at radius 1 is 1.32 bits per heavy atom. The number of benzene rings is 1. The molecule has 6 heteroatoms. The molecule has 2 N–H and O–H groups in total. The standard InChI is InChI=1S/C16H22N2O3.ClH/c1-11-8-13(4-5-17-11)16(19)18-10-12-2-3-14-15(9-12)21-7-6-20-14;/h2-3,9,11,13,17H,4-8,10H2,1H3,(H,18,19);1H/t11-,13-;/m0./s1. The fraction of sp³-hybridized carbons (Fsp3) is 0.562. The van der Waals surface area contributed by atoms with Gasteiger partial charge in [-0.2, -0.15) is 0 Å². The minimum Gasteiger partial charge on any atom is -0.486 e. The first kappa shape index (κ1) is 16.9. The largest absolute Gasteiger partial charge is 0.486 e. The van der Waals surface area contributed by atoms with Crippen molar-refractivity contribution in [1.29, 1.82) is 0 Å². The van der Waals surface area contributed by atoms with Gasteiger partial charge in [-0.3, -0.25) is 4.79 Å². The highest BCUT2D eigenvalue weighted by Crippen LogP contribution is 2.30. The molecule has 2 aliphatic heterocycles. The van der Waals surface area contributed by atoms with Crippen LogP contribution in [0.1, 0.15) is 25.3 Å². The SMILES string of the molecule is C[C@H]1C[C@@H](C(=O)NCc2ccc3c(c2)OCCO3)CCN1.Cl. The summed E-state index contributed by atoms with van der Waals surface area (Å²) in [5, 5.41) is 6.40. The summed E-state index contributed by atoms with van der Waals surface area (Å²) < 4.78 is 11.0. The summed E-state index contributed by atoms with van der Waals surface area (Å²) in [4.78, 5) is 12.2. The number of rotatable bonds is 3. The number of nitrogens with one attached hydrogen (secondary N) is 2. The third-order valence-electron chi connectivity index (χ3n) is 4.07. The second-order valence-electron chi connectivity index (χ2n) is 5.77. The van der Waals surface area contributed by atoms with Crippen LogP contribution in [-0.2, 0) is 11.3 Å². The van der Waals surface area contributed by atoms with E-state index in [4.69, 9.17) is 9.47 Å². The Kier molecular flexibility index (Phi) is 5.91. The van der Waals surface area contributed by atoms with Gasteiger partial charge in [0.25, 0.3) is 0 Å². The van der Waals surface area contributed by atoms with E-state index in [1.807, 2.05) is 18.2 Å². The van der Waals surface area contributed by atoms with Gasteiger partial charge in [-0.15, -0.1) is 12.4 Å². The molecule has 0 radical (unpaired) electrons. The lowest BCUT2D eigenvalue weighted by Crippen LogP contribution is -2.42. The normalized spacial score (nSPS) is 23.3. The number of piperidine rings is 1. The molecule has 0 spiro atoms. The zero-order chi connectivity index (χ0) is 14.7. The summed E-state index contributed by atoms with van der Waals surface area (Å²) in [6.45, 7) is 4.75. The van der Waals surface area contributed by atoms with Gasteiger partial charge in [-0.05, 0) is 44.0 Å². The Labute approximate surface area is 137 Å². The van der Waals surface area contributed by atoms with Crippen molar-refractivity contribution in [3.63, 3.8) is 0 Å². The van der Waals surface area contributed by atoms with E-state index < -0.39 is 0 Å². The molecule has 1 amide bonds. The number of amides is 1. The Morgan fingerprint density at radius 2 is 2.09 bits per heavy atom. The Bertz CT molecular complexity index is 524. The number of fused-ring (bicyclic) bond motifs is 1. The highest BCUT2D eigenvalue weighted by molar-refractivity contribution is 5.85. The van der Waals surface area contributed by atoms with Crippen molar-refractivity contribution >= 4 is 18.3 Å². The molecule has 1 fully saturated rings. The summed E-state index contributed by atoms with van der Waals surface area (Å²) in [7, 11) is 0. The molecule has 0 aromatic heterocycles. The number of hydrogen-bond acceptors (Lipinski definition) is 4. The molecule has 22 heavy (non-hydrogen) atoms. The van der Waals surface area contributed by atoms with E-state index >= 15 is 0 Å². The lowest BCUT2D eigenvalue weighted by Gasteiger charge is -2.27. The minimum atomic E-state index is 0. The number of halogens is 1. The van der Waals surface area contributed by atoms with E-state index in [2.05, 4.69) is 17.6 Å². The van der Waals surface area contributed by atoms with Crippen molar-refractivity contribution in [1.82, 2.24) is 10.6 Å². The lowest BCUT2D eigenvalue weighted by molar-refractivity contribution is -0.126. The van der Waals surface area contributed by atoms with E-state index in [0.29, 0.717) is 25.8 Å². The van der Waals surface area contributed by atoms with Gasteiger partial charge in [0.15, 0.2) is 11.5 Å². The molecule has 0 bridgehead atoms. The Balaban J connectivity index is 0.00000176. The third-order valence-corrected chi connectivity index (χ3v) is 4.07. The zero-order valence-corrected chi connectivity index (χ0v) is 13.6. The molecule has 1 aromatic rings. The molecular weight excluding hydrogens is 304 g/mol. The molecular formula is C16H23ClN2O3. The van der Waals surface area contributed by atoms with Crippen molar-refractivity contribution in [2.24, 2.45) is 5.92 Å². The van der Waals surface area contributed by atoms with Crippen LogP contribution in [0, 0.1) is 5.92 Å². The van der Waals surface area contributed by atoms with Crippen LogP contribution in [0.5, 0.6) is 11.5 Å². The molecule has 2 heterocycles. The zero-order valence-electron chi connectivity index (χ0n) is 12.8. The van der Waals surface area contributed by atoms with Crippen LogP contribution < -0.4 is 20.1 Å². The monoisotopic (exact) mass is 326 g/mol. The first-order chi connectivity index (χ1) is 10.2. The lowest BCUT2D eigenvalue weighted by atomic mass is 9.92. The molecule has 0 unspecified atom stereocenters. The molecule has 1 saturated heterocycles. The highest BCUT2D eigenvalue weighted by atomic mass is 35.5. The van der Waals surface area contributed by atoms with Gasteiger partial charge >= 0.3 is 0 Å². The summed E-state index contributed by atoms with van der Waals surface area (Å²) in [5.41, 5.74) is 1.04. The average Bonchev–Trinajstić information content (AvgIpc) is 2.52. The predicted molar refractivity (Wildman–Crippen MR) is 86.7 cm³/mol. The molecule has 3 rings (SSSR count). The first-order valence-electron chi connectivity index (χ1n) is 7.62. The number of carbonyl (C=O) groups is 1. The van der Waals surface area contributed by atoms with Crippen LogP contribution in [0.2, 0.25) is 0 Å². The van der Waals surface area contributed by atoms with Gasteiger partial charge < -0.3 is 20.1 Å². The fourth-order valence-corrected chi connectivity index (χ4v) is 2.90. The topological polar surface area (TPSA) is 59.6 Å². The van der Waals surface area contributed by atoms with Crippen LogP contribution >= 0.6 is 12.4 Å². The minimum absolute atomic E-state index is 0. The van der Waals surface area contributed by atoms with E-state index in [1.54, 1.807) is 0 Å². The quantitative estimate of drug-likeness (QED) is 0.890. The van der Waals surface area contributed by atoms with Crippen molar-refractivity contribution in [2.75, 3.05) is 19.8 Å². The van der Waals surface area contributed by atoms with E-state index in [0.717, 1.165) is 36.4 Å². The Morgan fingerprint density at radius 3 is 2.86 bits per heavy atom. The summed E-state index contributed by atoms with van der Waals surface area (Å²) in [6, 6.07) is 6.24. The van der Waals surface area contributed by atoms with Gasteiger partial charge in [0.2, 0.25) is 5.91 Å². The summed E-state index contributed by atoms with van der Waals surface area (Å²) >= 11 is 0. The number of carbonyl (C=O) groups excluding carboxylic acids is 1. The molecule has 2 atom stereocenters. The van der Waals surface area contributed by atoms with E-state index in [1.165, 1.54) is 0 Å². The van der Waals surface area contributed by atoms with Crippen molar-refractivity contribution in [2.45, 2.75) is 32.4 Å². The van der Waals surface area contributed by atoms with E-state index in [9.17, 15) is 4.79 Å². The third kappa shape index (κ3) is 4.05. The van der Waals surface area contributed by atoms with Crippen molar-refractivity contribution in [3.8, 4) is 11.5 Å². The maximum atomic E-state index is 12.2. The van der Waals surface area contributed by atoms with Gasteiger partial charge in [-0.1, -0.05) is 6.07 Å². The second-order valence-corrected chi connectivity index (χ2v) is 5.77. The Hall–Kier alpha value is -1.46. The molecule has 1 aromatic carbocycles. The van der Waals surface area contributed by atoms with Crippen molar-refractivity contribution < 1.29 is 14.3 Å². The smallest absolute Gasteiger partial charge is 0.223 e. The molecule has 122 valence electrons. The second kappa shape index (κ2) is 7.70. The van der Waals surface area contributed by atoms with Crippen molar-refractivity contribution in [3.05, 3.63) is 23.8 Å². The van der Waals surface area contributed by atoms with Gasteiger partial charge in [0.1, 0.15) is 13.2 Å². The maximum absolute atomic E-state index is 12.2. The summed E-state index contributed by atoms with van der Waals surface area (Å²) in [5.74, 6) is 1.82. The van der Waals surface area contributed by atoms with Crippen LogP contribution in [0.3, 0.4) is 0 Å². The predicted octanol–water partition coefficient (Wildman–Crippen LogP) is 1.88. The summed E-state index contributed by atoms with van der Waals surface area (Å²) in [6.07, 6.45) is 1.82. The van der Waals surface area contributed by atoms with Gasteiger partial charge in [0.05, 0.1) is 0 Å². The average molecular weight is 327 g/mol. The van der Waals surface area contributed by atoms with Gasteiger partial charge in [-0.25, -0.2) is 0 Å². The number of ether oxygens (including phenoxy) is 2. The molecule has 0 saturated carbocycles.